The topological polar surface area (TPSA) is 93.2 Å². The fourth-order valence-corrected chi connectivity index (χ4v) is 5.95. The SMILES string of the molecule is COc1cc2c(Oc3ccc(NS(=O)(=O)c4cccc(C(F)(F)F)c4)cc3F)ccnc2cc1OCCCN1CCN(C)CC1. The third kappa shape index (κ3) is 7.93. The molecule has 1 N–H and O–H groups in total. The van der Waals surface area contributed by atoms with Crippen LogP contribution in [0.5, 0.6) is 23.0 Å². The van der Waals surface area contributed by atoms with E-state index in [-0.39, 0.29) is 17.2 Å². The van der Waals surface area contributed by atoms with Gasteiger partial charge < -0.3 is 24.0 Å². The van der Waals surface area contributed by atoms with Gasteiger partial charge in [0.25, 0.3) is 10.0 Å². The zero-order valence-electron chi connectivity index (χ0n) is 24.6. The first-order valence-electron chi connectivity index (χ1n) is 14.1. The predicted molar refractivity (Wildman–Crippen MR) is 161 cm³/mol. The molecule has 1 aliphatic rings. The van der Waals surface area contributed by atoms with Crippen LogP contribution in [0.1, 0.15) is 12.0 Å². The standard InChI is InChI=1S/C31H32F4N4O5S/c1-38-12-14-39(15-13-38)11-4-16-43-30-20-26-24(19-29(30)42-2)27(9-10-36-26)44-28-8-7-22(18-25(28)32)37-45(40,41)23-6-3-5-21(17-23)31(33,34)35/h3,5-10,17-20,37H,4,11-16H2,1-2H3. The van der Waals surface area contributed by atoms with Gasteiger partial charge in [-0.1, -0.05) is 6.07 Å². The second kappa shape index (κ2) is 13.5. The van der Waals surface area contributed by atoms with Gasteiger partial charge in [-0.05, 0) is 55.9 Å². The normalized spacial score (nSPS) is 14.8. The summed E-state index contributed by atoms with van der Waals surface area (Å²) in [4.78, 5) is 8.48. The molecule has 1 aromatic heterocycles. The minimum absolute atomic E-state index is 0.201. The van der Waals surface area contributed by atoms with Crippen molar-refractivity contribution in [1.29, 1.82) is 0 Å². The van der Waals surface area contributed by atoms with E-state index in [1.165, 1.54) is 25.4 Å². The van der Waals surface area contributed by atoms with Crippen molar-refractivity contribution in [3.63, 3.8) is 0 Å². The molecule has 0 amide bonds. The zero-order valence-corrected chi connectivity index (χ0v) is 25.4. The quantitative estimate of drug-likeness (QED) is 0.156. The number of anilines is 1. The lowest BCUT2D eigenvalue weighted by atomic mass is 10.1. The molecule has 45 heavy (non-hydrogen) atoms. The number of hydrogen-bond donors (Lipinski definition) is 1. The number of benzene rings is 3. The fourth-order valence-electron chi connectivity index (χ4n) is 4.85. The number of pyridine rings is 1. The van der Waals surface area contributed by atoms with E-state index in [2.05, 4.69) is 26.6 Å². The molecule has 0 saturated carbocycles. The largest absolute Gasteiger partial charge is 0.493 e. The van der Waals surface area contributed by atoms with Crippen molar-refractivity contribution in [3.05, 3.63) is 78.2 Å². The summed E-state index contributed by atoms with van der Waals surface area (Å²) in [5.41, 5.74) is -0.803. The van der Waals surface area contributed by atoms with Gasteiger partial charge in [0, 0.05) is 56.4 Å². The van der Waals surface area contributed by atoms with E-state index in [9.17, 15) is 21.6 Å². The highest BCUT2D eigenvalue weighted by Gasteiger charge is 2.31. The molecule has 14 heteroatoms. The highest BCUT2D eigenvalue weighted by atomic mass is 32.2. The van der Waals surface area contributed by atoms with Gasteiger partial charge in [0.2, 0.25) is 0 Å². The van der Waals surface area contributed by atoms with Crippen molar-refractivity contribution >= 4 is 26.6 Å². The maximum atomic E-state index is 15.1. The first-order valence-corrected chi connectivity index (χ1v) is 15.6. The van der Waals surface area contributed by atoms with Gasteiger partial charge in [-0.15, -0.1) is 0 Å². The van der Waals surface area contributed by atoms with Crippen molar-refractivity contribution in [2.24, 2.45) is 0 Å². The van der Waals surface area contributed by atoms with Gasteiger partial charge >= 0.3 is 6.18 Å². The van der Waals surface area contributed by atoms with Gasteiger partial charge in [0.05, 0.1) is 35.4 Å². The van der Waals surface area contributed by atoms with Crippen LogP contribution < -0.4 is 18.9 Å². The van der Waals surface area contributed by atoms with Crippen molar-refractivity contribution in [3.8, 4) is 23.0 Å². The van der Waals surface area contributed by atoms with Crippen LogP contribution in [-0.2, 0) is 16.2 Å². The van der Waals surface area contributed by atoms with Gasteiger partial charge in [-0.2, -0.15) is 13.2 Å². The zero-order chi connectivity index (χ0) is 32.2. The van der Waals surface area contributed by atoms with Gasteiger partial charge in [0.1, 0.15) is 5.75 Å². The first kappa shape index (κ1) is 32.3. The molecule has 0 radical (unpaired) electrons. The number of piperazine rings is 1. The van der Waals surface area contributed by atoms with Crippen LogP contribution in [0.15, 0.2) is 71.8 Å². The lowest BCUT2D eigenvalue weighted by Gasteiger charge is -2.32. The van der Waals surface area contributed by atoms with E-state index < -0.39 is 32.5 Å². The summed E-state index contributed by atoms with van der Waals surface area (Å²) < 4.78 is 99.2. The molecule has 0 atom stereocenters. The molecule has 1 fully saturated rings. The Hall–Kier alpha value is -4.14. The number of sulfonamides is 1. The maximum Gasteiger partial charge on any atom is 0.416 e. The summed E-state index contributed by atoms with van der Waals surface area (Å²) in [5.74, 6) is 0.0942. The lowest BCUT2D eigenvalue weighted by molar-refractivity contribution is -0.137. The van der Waals surface area contributed by atoms with Crippen molar-refractivity contribution in [1.82, 2.24) is 14.8 Å². The summed E-state index contributed by atoms with van der Waals surface area (Å²) in [6.45, 7) is 5.57. The summed E-state index contributed by atoms with van der Waals surface area (Å²) in [6.07, 6.45) is -2.39. The second-order valence-corrected chi connectivity index (χ2v) is 12.2. The summed E-state index contributed by atoms with van der Waals surface area (Å²) in [5, 5.41) is 0.521. The van der Waals surface area contributed by atoms with Crippen LogP contribution in [0.2, 0.25) is 0 Å². The summed E-state index contributed by atoms with van der Waals surface area (Å²) in [6, 6.07) is 11.5. The molecule has 5 rings (SSSR count). The maximum absolute atomic E-state index is 15.1. The Bertz CT molecular complexity index is 1760. The molecule has 1 saturated heterocycles. The predicted octanol–water partition coefficient (Wildman–Crippen LogP) is 6.01. The highest BCUT2D eigenvalue weighted by molar-refractivity contribution is 7.92. The third-order valence-electron chi connectivity index (χ3n) is 7.33. The second-order valence-electron chi connectivity index (χ2n) is 10.6. The smallest absolute Gasteiger partial charge is 0.416 e. The summed E-state index contributed by atoms with van der Waals surface area (Å²) in [7, 11) is -0.812. The van der Waals surface area contributed by atoms with Crippen molar-refractivity contribution in [2.45, 2.75) is 17.5 Å². The van der Waals surface area contributed by atoms with Crippen LogP contribution in [0.25, 0.3) is 10.9 Å². The van der Waals surface area contributed by atoms with E-state index in [1.54, 1.807) is 18.2 Å². The Morgan fingerprint density at radius 1 is 0.933 bits per heavy atom. The number of likely N-dealkylation sites (N-methyl/N-ethyl adjacent to an activating group) is 1. The van der Waals surface area contributed by atoms with Crippen LogP contribution >= 0.6 is 0 Å². The molecule has 2 heterocycles. The number of methoxy groups -OCH3 is 1. The molecule has 3 aromatic carbocycles. The van der Waals surface area contributed by atoms with E-state index in [0.717, 1.165) is 63.4 Å². The fraction of sp³-hybridized carbons (Fsp3) is 0.323. The number of nitrogens with zero attached hydrogens (tertiary/aromatic N) is 3. The van der Waals surface area contributed by atoms with Gasteiger partial charge in [-0.25, -0.2) is 12.8 Å². The Kier molecular flexibility index (Phi) is 9.65. The molecule has 0 spiro atoms. The Morgan fingerprint density at radius 2 is 1.71 bits per heavy atom. The minimum Gasteiger partial charge on any atom is -0.493 e. The highest BCUT2D eigenvalue weighted by Crippen LogP contribution is 2.38. The first-order chi connectivity index (χ1) is 21.4. The lowest BCUT2D eigenvalue weighted by Crippen LogP contribution is -2.44. The molecule has 0 unspecified atom stereocenters. The van der Waals surface area contributed by atoms with E-state index in [1.807, 2.05) is 0 Å². The molecule has 4 aromatic rings. The minimum atomic E-state index is -4.73. The monoisotopic (exact) mass is 648 g/mol. The number of nitrogens with one attached hydrogen (secondary N) is 1. The molecule has 9 nitrogen and oxygen atoms in total. The Balaban J connectivity index is 1.28. The van der Waals surface area contributed by atoms with Crippen molar-refractivity contribution in [2.75, 3.05) is 58.2 Å². The summed E-state index contributed by atoms with van der Waals surface area (Å²) >= 11 is 0. The van der Waals surface area contributed by atoms with Crippen LogP contribution in [0.3, 0.4) is 0 Å². The molecule has 240 valence electrons. The number of aromatic nitrogens is 1. The van der Waals surface area contributed by atoms with Crippen LogP contribution in [-0.4, -0.2) is 76.7 Å². The van der Waals surface area contributed by atoms with E-state index in [4.69, 9.17) is 14.2 Å². The molecule has 0 bridgehead atoms. The number of fused-ring (bicyclic) bond motifs is 1. The Morgan fingerprint density at radius 3 is 2.42 bits per heavy atom. The van der Waals surface area contributed by atoms with Gasteiger partial charge in [0.15, 0.2) is 23.1 Å². The Labute approximate surface area is 258 Å². The van der Waals surface area contributed by atoms with Crippen LogP contribution in [0, 0.1) is 5.82 Å². The molecule has 0 aliphatic carbocycles. The van der Waals surface area contributed by atoms with Crippen LogP contribution in [0.4, 0.5) is 23.2 Å². The molecular formula is C31H32F4N4O5S. The number of alkyl halides is 3. The molecular weight excluding hydrogens is 616 g/mol. The number of halogens is 4. The number of ether oxygens (including phenoxy) is 3. The van der Waals surface area contributed by atoms with E-state index >= 15 is 4.39 Å². The number of rotatable bonds is 11. The third-order valence-corrected chi connectivity index (χ3v) is 8.71. The number of hydrogen-bond acceptors (Lipinski definition) is 8. The van der Waals surface area contributed by atoms with Gasteiger partial charge in [-0.3, -0.25) is 9.71 Å². The average Bonchev–Trinajstić information content (AvgIpc) is 3.00. The average molecular weight is 649 g/mol. The van der Waals surface area contributed by atoms with E-state index in [0.29, 0.717) is 35.1 Å². The van der Waals surface area contributed by atoms with Crippen molar-refractivity contribution < 1.29 is 40.2 Å². The molecule has 1 aliphatic heterocycles.